The highest BCUT2D eigenvalue weighted by Gasteiger charge is 2.55. The van der Waals surface area contributed by atoms with Crippen LogP contribution < -0.4 is 19.7 Å². The van der Waals surface area contributed by atoms with E-state index in [2.05, 4.69) is 15.6 Å². The number of carbonyl (C=O) groups excluding carboxylic acids is 3. The van der Waals surface area contributed by atoms with Crippen LogP contribution in [0.3, 0.4) is 0 Å². The van der Waals surface area contributed by atoms with E-state index in [0.29, 0.717) is 45.8 Å². The van der Waals surface area contributed by atoms with Gasteiger partial charge in [-0.2, -0.15) is 13.2 Å². The molecular weight excluding hydrogens is 1000 g/mol. The third-order valence-electron chi connectivity index (χ3n) is 13.5. The Balaban J connectivity index is 0.832. The number of hydrogen-bond acceptors (Lipinski definition) is 12. The number of aliphatic hydroxyl groups is 1. The third kappa shape index (κ3) is 12.4. The first-order valence-corrected chi connectivity index (χ1v) is 26.8. The van der Waals surface area contributed by atoms with Gasteiger partial charge in [0.05, 0.1) is 40.6 Å². The van der Waals surface area contributed by atoms with Crippen LogP contribution >= 0.6 is 11.3 Å². The molecule has 2 saturated heterocycles. The number of halogens is 3. The van der Waals surface area contributed by atoms with E-state index in [4.69, 9.17) is 9.47 Å². The lowest BCUT2D eigenvalue weighted by Gasteiger charge is -2.35. The highest BCUT2D eigenvalue weighted by atomic mass is 32.2. The Morgan fingerprint density at radius 1 is 0.865 bits per heavy atom. The van der Waals surface area contributed by atoms with Crippen LogP contribution in [0.1, 0.15) is 81.7 Å². The zero-order valence-corrected chi connectivity index (χ0v) is 43.0. The Labute approximate surface area is 432 Å². The third-order valence-corrected chi connectivity index (χ3v) is 16.7. The number of nitrogens with one attached hydrogen (secondary N) is 2. The van der Waals surface area contributed by atoms with E-state index in [1.807, 2.05) is 52.0 Å². The number of likely N-dealkylation sites (tertiary alicyclic amines) is 1. The largest absolute Gasteiger partial charge is 0.508 e. The number of anilines is 1. The van der Waals surface area contributed by atoms with E-state index in [1.54, 1.807) is 41.1 Å². The van der Waals surface area contributed by atoms with Crippen molar-refractivity contribution >= 4 is 55.9 Å². The topological polar surface area (TPSA) is 208 Å². The van der Waals surface area contributed by atoms with E-state index in [9.17, 15) is 51.3 Å². The van der Waals surface area contributed by atoms with Crippen molar-refractivity contribution in [3.05, 3.63) is 125 Å². The second-order valence-corrected chi connectivity index (χ2v) is 22.9. The first-order chi connectivity index (χ1) is 35.1. The van der Waals surface area contributed by atoms with Crippen LogP contribution in [0.4, 0.5) is 18.9 Å². The summed E-state index contributed by atoms with van der Waals surface area (Å²) >= 11 is 1.55. The quantitative estimate of drug-likeness (QED) is 0.0499. The number of thiazole rings is 1. The number of phenols is 2. The minimum atomic E-state index is -4.90. The standard InChI is InChI=1S/C54H60F3N5O10S2/c1-32-49(73-31-59-32)36-11-9-33(10-12-36)28-58-51(67)42-26-40(65)29-61(42)52(68)50(53(2,3)4)60-45(66)8-6-5-7-25-71-41-23-17-37(18-24-41)62(30-54(55,56)57)74(69,70)44-27-43-46(34-13-19-38(63)20-14-34)47(48(44)72-43)35-15-21-39(64)22-16-35/h9-24,31,40,42-44,48,50,63-65H,5-8,25-30H2,1-4H3,(H,58,67)(H,60,66). The molecule has 0 radical (unpaired) electrons. The average Bonchev–Trinajstić information content (AvgIpc) is 4.17. The van der Waals surface area contributed by atoms with E-state index in [1.165, 1.54) is 53.4 Å². The molecule has 5 aromatic rings. The lowest BCUT2D eigenvalue weighted by Crippen LogP contribution is -2.57. The molecule has 6 unspecified atom stereocenters. The molecule has 6 atom stereocenters. The first-order valence-electron chi connectivity index (χ1n) is 24.4. The fraction of sp³-hybridized carbons (Fsp3) is 0.407. The number of hydrogen-bond donors (Lipinski definition) is 5. The number of phenolic OH excluding ortho intramolecular Hbond substituents is 2. The minimum Gasteiger partial charge on any atom is -0.508 e. The molecule has 0 saturated carbocycles. The molecule has 1 aromatic heterocycles. The molecule has 20 heteroatoms. The number of nitrogens with zero attached hydrogens (tertiary/aromatic N) is 3. The zero-order chi connectivity index (χ0) is 53.1. The second-order valence-electron chi connectivity index (χ2n) is 20.0. The summed E-state index contributed by atoms with van der Waals surface area (Å²) in [6, 6.07) is 23.4. The monoisotopic (exact) mass is 1060 g/mol. The van der Waals surface area contributed by atoms with E-state index < -0.39 is 75.6 Å². The number of aliphatic hydroxyl groups excluding tert-OH is 1. The summed E-state index contributed by atoms with van der Waals surface area (Å²) in [4.78, 5) is 47.6. The summed E-state index contributed by atoms with van der Waals surface area (Å²) in [5.41, 5.74) is 5.94. The number of aromatic hydroxyl groups is 2. The predicted octanol–water partition coefficient (Wildman–Crippen LogP) is 8.13. The first kappa shape index (κ1) is 53.8. The number of sulfonamides is 1. The van der Waals surface area contributed by atoms with Gasteiger partial charge in [0.2, 0.25) is 27.7 Å². The number of ether oxygens (including phenoxy) is 2. The van der Waals surface area contributed by atoms with Crippen molar-refractivity contribution < 1.29 is 60.8 Å². The van der Waals surface area contributed by atoms with Gasteiger partial charge in [-0.15, -0.1) is 11.3 Å². The molecule has 15 nitrogen and oxygen atoms in total. The maximum Gasteiger partial charge on any atom is 0.407 e. The number of β-amino-alcohol motifs (C(OH)–C–C–N with tert-alkyl or cyclic N) is 1. The number of amides is 3. The maximum atomic E-state index is 14.4. The number of aryl methyl sites for hydroxylation is 1. The summed E-state index contributed by atoms with van der Waals surface area (Å²) in [6.45, 7) is 5.94. The second kappa shape index (κ2) is 22.2. The molecule has 4 aromatic carbocycles. The van der Waals surface area contributed by atoms with Crippen LogP contribution in [-0.2, 0) is 35.7 Å². The average molecular weight is 1060 g/mol. The smallest absolute Gasteiger partial charge is 0.407 e. The Hall–Kier alpha value is -6.48. The van der Waals surface area contributed by atoms with Crippen molar-refractivity contribution in [1.29, 1.82) is 0 Å². The van der Waals surface area contributed by atoms with Gasteiger partial charge in [0, 0.05) is 25.9 Å². The molecule has 2 bridgehead atoms. The predicted molar refractivity (Wildman–Crippen MR) is 274 cm³/mol. The molecule has 4 heterocycles. The van der Waals surface area contributed by atoms with Gasteiger partial charge in [-0.25, -0.2) is 13.4 Å². The molecule has 0 aliphatic carbocycles. The van der Waals surface area contributed by atoms with Crippen LogP contribution in [-0.4, -0.2) is 113 Å². The molecule has 394 valence electrons. The molecule has 2 fully saturated rings. The molecule has 0 spiro atoms. The molecule has 5 N–H and O–H groups in total. The Bertz CT molecular complexity index is 2940. The summed E-state index contributed by atoms with van der Waals surface area (Å²) in [7, 11) is -4.74. The molecule has 3 amide bonds. The summed E-state index contributed by atoms with van der Waals surface area (Å²) in [6.07, 6.45) is -6.22. The van der Waals surface area contributed by atoms with Gasteiger partial charge in [0.25, 0.3) is 0 Å². The Kier molecular flexibility index (Phi) is 16.1. The number of aromatic nitrogens is 1. The van der Waals surface area contributed by atoms with Gasteiger partial charge >= 0.3 is 6.18 Å². The number of benzene rings is 4. The Morgan fingerprint density at radius 3 is 2.08 bits per heavy atom. The number of alkyl halides is 3. The van der Waals surface area contributed by atoms with Crippen molar-refractivity contribution in [2.75, 3.05) is 24.0 Å². The van der Waals surface area contributed by atoms with E-state index in [0.717, 1.165) is 21.7 Å². The maximum absolute atomic E-state index is 14.4. The summed E-state index contributed by atoms with van der Waals surface area (Å²) in [5, 5.41) is 34.9. The van der Waals surface area contributed by atoms with Crippen molar-refractivity contribution in [2.24, 2.45) is 5.41 Å². The summed E-state index contributed by atoms with van der Waals surface area (Å²) in [5.74, 6) is -0.972. The number of fused-ring (bicyclic) bond motifs is 2. The van der Waals surface area contributed by atoms with Gasteiger partial charge in [-0.05, 0) is 120 Å². The van der Waals surface area contributed by atoms with Crippen molar-refractivity contribution in [2.45, 2.75) is 115 Å². The van der Waals surface area contributed by atoms with Crippen LogP contribution in [0.2, 0.25) is 0 Å². The SMILES string of the molecule is Cc1ncsc1-c1ccc(CNC(=O)C2CC(O)CN2C(=O)C(NC(=O)CCCCCOc2ccc(N(CC(F)(F)F)S(=O)(=O)C3CC4OC3C(c3ccc(O)cc3)=C4c3ccc(O)cc3)cc2)C(C)(C)C)cc1. The van der Waals surface area contributed by atoms with Crippen LogP contribution in [0.15, 0.2) is 103 Å². The van der Waals surface area contributed by atoms with Crippen LogP contribution in [0.25, 0.3) is 21.6 Å². The summed E-state index contributed by atoms with van der Waals surface area (Å²) < 4.78 is 83.9. The van der Waals surface area contributed by atoms with Crippen molar-refractivity contribution in [3.8, 4) is 27.7 Å². The lowest BCUT2D eigenvalue weighted by molar-refractivity contribution is -0.144. The van der Waals surface area contributed by atoms with Crippen molar-refractivity contribution in [3.63, 3.8) is 0 Å². The molecular formula is C54H60F3N5O10S2. The highest BCUT2D eigenvalue weighted by molar-refractivity contribution is 7.93. The minimum absolute atomic E-state index is 0.0155. The molecule has 8 rings (SSSR count). The fourth-order valence-electron chi connectivity index (χ4n) is 9.77. The molecule has 3 aliphatic rings. The number of unbranched alkanes of at least 4 members (excludes halogenated alkanes) is 2. The normalized spacial score (nSPS) is 20.2. The molecule has 3 aliphatic heterocycles. The van der Waals surface area contributed by atoms with Crippen LogP contribution in [0.5, 0.6) is 17.2 Å². The molecule has 74 heavy (non-hydrogen) atoms. The van der Waals surface area contributed by atoms with Crippen molar-refractivity contribution in [1.82, 2.24) is 20.5 Å². The fourth-order valence-corrected chi connectivity index (χ4v) is 12.6. The number of carbonyl (C=O) groups is 3. The highest BCUT2D eigenvalue weighted by Crippen LogP contribution is 2.52. The van der Waals surface area contributed by atoms with E-state index >= 15 is 0 Å². The van der Waals surface area contributed by atoms with E-state index in [-0.39, 0.29) is 67.8 Å². The van der Waals surface area contributed by atoms with Gasteiger partial charge in [0.15, 0.2) is 0 Å². The van der Waals surface area contributed by atoms with Gasteiger partial charge < -0.3 is 40.3 Å². The van der Waals surface area contributed by atoms with Crippen LogP contribution in [0, 0.1) is 12.3 Å². The zero-order valence-electron chi connectivity index (χ0n) is 41.3. The lowest BCUT2D eigenvalue weighted by atomic mass is 9.83. The van der Waals surface area contributed by atoms with Gasteiger partial charge in [-0.1, -0.05) is 69.3 Å². The van der Waals surface area contributed by atoms with Gasteiger partial charge in [-0.3, -0.25) is 18.7 Å². The number of rotatable bonds is 19. The Morgan fingerprint density at radius 2 is 1.49 bits per heavy atom. The van der Waals surface area contributed by atoms with Gasteiger partial charge in [0.1, 0.15) is 47.2 Å².